The minimum Gasteiger partial charge on any atom is -0.307 e. The summed E-state index contributed by atoms with van der Waals surface area (Å²) in [5, 5.41) is 4.58. The van der Waals surface area contributed by atoms with Crippen LogP contribution < -0.4 is 11.3 Å². The first kappa shape index (κ1) is 10.5. The average Bonchev–Trinajstić information content (AvgIpc) is 3.00. The third-order valence-corrected chi connectivity index (χ3v) is 3.33. The first-order valence-electron chi connectivity index (χ1n) is 6.21. The highest BCUT2D eigenvalue weighted by Gasteiger charge is 2.26. The van der Waals surface area contributed by atoms with Crippen molar-refractivity contribution in [2.24, 2.45) is 5.84 Å². The molecule has 96 valence electrons. The number of nitrogens with two attached hydrogens (primary N) is 1. The van der Waals surface area contributed by atoms with Crippen LogP contribution >= 0.6 is 0 Å². The van der Waals surface area contributed by atoms with Crippen LogP contribution in [-0.4, -0.2) is 24.1 Å². The molecule has 0 aliphatic heterocycles. The number of hydrogen-bond donors (Lipinski definition) is 2. The number of rotatable bonds is 3. The molecule has 19 heavy (non-hydrogen) atoms. The Hall–Kier alpha value is -2.41. The molecule has 0 atom stereocenters. The van der Waals surface area contributed by atoms with Crippen LogP contribution in [0.15, 0.2) is 30.9 Å². The molecule has 0 radical (unpaired) electrons. The average molecular weight is 255 g/mol. The molecule has 1 aliphatic carbocycles. The summed E-state index contributed by atoms with van der Waals surface area (Å²) >= 11 is 0. The van der Waals surface area contributed by atoms with Gasteiger partial charge in [-0.1, -0.05) is 0 Å². The molecule has 0 aromatic carbocycles. The van der Waals surface area contributed by atoms with E-state index in [-0.39, 0.29) is 0 Å². The fraction of sp³-hybridized carbons (Fsp3) is 0.250. The molecular weight excluding hydrogens is 242 g/mol. The summed E-state index contributed by atoms with van der Waals surface area (Å²) < 4.78 is 3.63. The molecule has 0 unspecified atom stereocenters. The molecule has 7 nitrogen and oxygen atoms in total. The van der Waals surface area contributed by atoms with Crippen molar-refractivity contribution in [2.75, 3.05) is 5.43 Å². The number of fused-ring (bicyclic) bond motifs is 1. The summed E-state index contributed by atoms with van der Waals surface area (Å²) in [4.78, 5) is 8.75. The van der Waals surface area contributed by atoms with Crippen LogP contribution in [0.5, 0.6) is 0 Å². The topological polar surface area (TPSA) is 86.1 Å². The summed E-state index contributed by atoms with van der Waals surface area (Å²) in [5.41, 5.74) is 4.44. The van der Waals surface area contributed by atoms with Crippen LogP contribution in [0.25, 0.3) is 11.5 Å². The molecule has 3 aromatic rings. The number of nitrogen functional groups attached to an aromatic ring is 1. The highest BCUT2D eigenvalue weighted by molar-refractivity contribution is 5.57. The van der Waals surface area contributed by atoms with Crippen molar-refractivity contribution in [3.8, 4) is 5.82 Å². The Labute approximate surface area is 109 Å². The fourth-order valence-electron chi connectivity index (χ4n) is 2.19. The molecule has 0 bridgehead atoms. The first-order valence-corrected chi connectivity index (χ1v) is 6.21. The van der Waals surface area contributed by atoms with Gasteiger partial charge in [-0.25, -0.2) is 20.5 Å². The van der Waals surface area contributed by atoms with Crippen molar-refractivity contribution < 1.29 is 0 Å². The van der Waals surface area contributed by atoms with Gasteiger partial charge in [-0.05, 0) is 18.9 Å². The first-order chi connectivity index (χ1) is 9.35. The largest absolute Gasteiger partial charge is 0.307 e. The Kier molecular flexibility index (Phi) is 2.10. The van der Waals surface area contributed by atoms with Crippen molar-refractivity contribution >= 4 is 11.5 Å². The standard InChI is InChI=1S/C12H13N7/c13-16-10-7-18-6-4-14-11(18)12(15-10)19-5-3-9(17-19)8-1-2-8/h3-8,16H,1-2,13H2. The van der Waals surface area contributed by atoms with E-state index in [4.69, 9.17) is 5.84 Å². The zero-order valence-corrected chi connectivity index (χ0v) is 10.2. The van der Waals surface area contributed by atoms with E-state index in [2.05, 4.69) is 20.5 Å². The molecule has 3 heterocycles. The second-order valence-electron chi connectivity index (χ2n) is 4.71. The smallest absolute Gasteiger partial charge is 0.199 e. The maximum absolute atomic E-state index is 5.44. The van der Waals surface area contributed by atoms with Crippen LogP contribution in [0.1, 0.15) is 24.5 Å². The molecule has 0 spiro atoms. The minimum atomic E-state index is 0.573. The zero-order valence-electron chi connectivity index (χ0n) is 10.2. The van der Waals surface area contributed by atoms with E-state index in [1.165, 1.54) is 12.8 Å². The molecule has 1 fully saturated rings. The maximum atomic E-state index is 5.44. The summed E-state index contributed by atoms with van der Waals surface area (Å²) in [6.07, 6.45) is 9.75. The minimum absolute atomic E-state index is 0.573. The molecule has 0 saturated heterocycles. The van der Waals surface area contributed by atoms with Gasteiger partial charge in [-0.3, -0.25) is 0 Å². The number of anilines is 1. The number of hydrazine groups is 1. The Balaban J connectivity index is 1.89. The highest BCUT2D eigenvalue weighted by atomic mass is 15.3. The number of hydrogen-bond acceptors (Lipinski definition) is 5. The van der Waals surface area contributed by atoms with E-state index in [0.29, 0.717) is 17.6 Å². The van der Waals surface area contributed by atoms with Gasteiger partial charge < -0.3 is 9.83 Å². The second-order valence-corrected chi connectivity index (χ2v) is 4.71. The van der Waals surface area contributed by atoms with Crippen LogP contribution in [0.2, 0.25) is 0 Å². The Morgan fingerprint density at radius 3 is 3.00 bits per heavy atom. The summed E-state index contributed by atoms with van der Waals surface area (Å²) in [5.74, 6) is 7.31. The van der Waals surface area contributed by atoms with Crippen LogP contribution in [-0.2, 0) is 0 Å². The van der Waals surface area contributed by atoms with Gasteiger partial charge in [-0.15, -0.1) is 0 Å². The van der Waals surface area contributed by atoms with Crippen molar-refractivity contribution in [3.05, 3.63) is 36.5 Å². The van der Waals surface area contributed by atoms with E-state index in [1.807, 2.05) is 22.9 Å². The molecule has 7 heteroatoms. The quantitative estimate of drug-likeness (QED) is 0.540. The molecule has 4 rings (SSSR count). The number of nitrogens with one attached hydrogen (secondary N) is 1. The summed E-state index contributed by atoms with van der Waals surface area (Å²) in [6, 6.07) is 2.04. The Morgan fingerprint density at radius 1 is 1.32 bits per heavy atom. The van der Waals surface area contributed by atoms with Gasteiger partial charge >= 0.3 is 0 Å². The molecular formula is C12H13N7. The Bertz CT molecular complexity index is 737. The van der Waals surface area contributed by atoms with Gasteiger partial charge in [-0.2, -0.15) is 5.10 Å². The van der Waals surface area contributed by atoms with E-state index < -0.39 is 0 Å². The van der Waals surface area contributed by atoms with Crippen molar-refractivity contribution in [3.63, 3.8) is 0 Å². The highest BCUT2D eigenvalue weighted by Crippen LogP contribution is 2.39. The maximum Gasteiger partial charge on any atom is 0.199 e. The monoisotopic (exact) mass is 255 g/mol. The normalized spacial score (nSPS) is 15.0. The Morgan fingerprint density at radius 2 is 2.21 bits per heavy atom. The fourth-order valence-corrected chi connectivity index (χ4v) is 2.19. The lowest BCUT2D eigenvalue weighted by Crippen LogP contribution is -2.12. The number of nitrogens with zero attached hydrogens (tertiary/aromatic N) is 5. The van der Waals surface area contributed by atoms with Gasteiger partial charge in [0.1, 0.15) is 0 Å². The predicted octanol–water partition coefficient (Wildman–Crippen LogP) is 1.08. The van der Waals surface area contributed by atoms with Gasteiger partial charge in [0.2, 0.25) is 0 Å². The van der Waals surface area contributed by atoms with Crippen LogP contribution in [0.3, 0.4) is 0 Å². The molecule has 1 aliphatic rings. The van der Waals surface area contributed by atoms with E-state index >= 15 is 0 Å². The number of imidazole rings is 1. The van der Waals surface area contributed by atoms with E-state index in [9.17, 15) is 0 Å². The van der Waals surface area contributed by atoms with Crippen LogP contribution in [0.4, 0.5) is 5.82 Å². The molecule has 1 saturated carbocycles. The van der Waals surface area contributed by atoms with Gasteiger partial charge in [0.15, 0.2) is 17.3 Å². The molecule has 0 amide bonds. The van der Waals surface area contributed by atoms with Crippen molar-refractivity contribution in [1.82, 2.24) is 24.1 Å². The SMILES string of the molecule is NNc1cn2ccnc2c(-n2ccc(C3CC3)n2)n1. The molecule has 3 N–H and O–H groups in total. The molecule has 3 aromatic heterocycles. The second kappa shape index (κ2) is 3.79. The van der Waals surface area contributed by atoms with Crippen LogP contribution in [0, 0.1) is 0 Å². The van der Waals surface area contributed by atoms with E-state index in [1.54, 1.807) is 17.1 Å². The van der Waals surface area contributed by atoms with E-state index in [0.717, 1.165) is 11.3 Å². The number of aromatic nitrogens is 5. The lowest BCUT2D eigenvalue weighted by molar-refractivity contribution is 0.810. The van der Waals surface area contributed by atoms with Gasteiger partial charge in [0, 0.05) is 24.5 Å². The lowest BCUT2D eigenvalue weighted by atomic mass is 10.3. The van der Waals surface area contributed by atoms with Crippen molar-refractivity contribution in [1.29, 1.82) is 0 Å². The summed E-state index contributed by atoms with van der Waals surface area (Å²) in [6.45, 7) is 0. The third kappa shape index (κ3) is 1.66. The zero-order chi connectivity index (χ0) is 12.8. The van der Waals surface area contributed by atoms with Gasteiger partial charge in [0.25, 0.3) is 0 Å². The van der Waals surface area contributed by atoms with Gasteiger partial charge in [0.05, 0.1) is 11.9 Å². The predicted molar refractivity (Wildman–Crippen MR) is 69.9 cm³/mol. The lowest BCUT2D eigenvalue weighted by Gasteiger charge is -2.06. The van der Waals surface area contributed by atoms with Crippen molar-refractivity contribution in [2.45, 2.75) is 18.8 Å². The summed E-state index contributed by atoms with van der Waals surface area (Å²) in [7, 11) is 0. The third-order valence-electron chi connectivity index (χ3n) is 3.33.